The Labute approximate surface area is 252 Å². The number of anilines is 2. The number of fused-ring (bicyclic) bond motifs is 1. The van der Waals surface area contributed by atoms with Gasteiger partial charge in [-0.05, 0) is 81.9 Å². The zero-order chi connectivity index (χ0) is 28.9. The van der Waals surface area contributed by atoms with Gasteiger partial charge in [0.15, 0.2) is 0 Å². The van der Waals surface area contributed by atoms with Crippen molar-refractivity contribution in [1.29, 1.82) is 0 Å². The third-order valence-corrected chi connectivity index (χ3v) is 8.43. The van der Waals surface area contributed by atoms with Gasteiger partial charge in [-0.25, -0.2) is 9.97 Å². The highest BCUT2D eigenvalue weighted by atomic mass is 35.5. The SMILES string of the molecule is CCCn1cnnc1CN1CCC(CN2CCC(Nc3cccc(Oc4cccc(Cl)c4)c3)c3cnc(C)nc32)CC1. The van der Waals surface area contributed by atoms with Crippen LogP contribution in [0.2, 0.25) is 5.02 Å². The van der Waals surface area contributed by atoms with Crippen LogP contribution in [0.1, 0.15) is 55.9 Å². The van der Waals surface area contributed by atoms with Crippen LogP contribution < -0.4 is 15.0 Å². The van der Waals surface area contributed by atoms with Crippen LogP contribution in [0.3, 0.4) is 0 Å². The summed E-state index contributed by atoms with van der Waals surface area (Å²) in [6.07, 6.45) is 8.29. The number of piperidine rings is 1. The maximum absolute atomic E-state index is 6.13. The van der Waals surface area contributed by atoms with Gasteiger partial charge in [-0.2, -0.15) is 0 Å². The van der Waals surface area contributed by atoms with Crippen LogP contribution in [-0.4, -0.2) is 55.8 Å². The molecule has 1 unspecified atom stereocenters. The van der Waals surface area contributed by atoms with Gasteiger partial charge in [-0.3, -0.25) is 4.90 Å². The first-order valence-electron chi connectivity index (χ1n) is 15.0. The van der Waals surface area contributed by atoms with Gasteiger partial charge in [-0.1, -0.05) is 30.7 Å². The van der Waals surface area contributed by atoms with Crippen LogP contribution >= 0.6 is 11.6 Å². The number of benzene rings is 2. The normalized spacial score (nSPS) is 17.7. The van der Waals surface area contributed by atoms with Crippen molar-refractivity contribution in [1.82, 2.24) is 29.6 Å². The van der Waals surface area contributed by atoms with E-state index in [2.05, 4.69) is 47.9 Å². The fourth-order valence-corrected chi connectivity index (χ4v) is 6.21. The Morgan fingerprint density at radius 3 is 2.64 bits per heavy atom. The van der Waals surface area contributed by atoms with Crippen LogP contribution in [-0.2, 0) is 13.1 Å². The topological polar surface area (TPSA) is 84.2 Å². The molecule has 1 saturated heterocycles. The lowest BCUT2D eigenvalue weighted by Crippen LogP contribution is -2.42. The van der Waals surface area contributed by atoms with E-state index in [1.807, 2.05) is 61.9 Å². The standard InChI is InChI=1S/C32H39ClN8O/c1-3-13-41-22-35-38-31(41)21-39-14-10-24(11-15-39)20-40-16-12-30(29-19-34-23(2)36-32(29)40)37-26-7-5-9-28(18-26)42-27-8-4-6-25(33)17-27/h4-9,17-19,22,24,30,37H,3,10-16,20-21H2,1-2H3. The lowest BCUT2D eigenvalue weighted by Gasteiger charge is -2.39. The molecule has 4 heterocycles. The minimum atomic E-state index is 0.126. The molecule has 1 atom stereocenters. The number of hydrogen-bond donors (Lipinski definition) is 1. The first-order chi connectivity index (χ1) is 20.5. The van der Waals surface area contributed by atoms with Gasteiger partial charge in [0.1, 0.15) is 35.3 Å². The van der Waals surface area contributed by atoms with Crippen molar-refractivity contribution < 1.29 is 4.74 Å². The first kappa shape index (κ1) is 28.4. The average molecular weight is 587 g/mol. The summed E-state index contributed by atoms with van der Waals surface area (Å²) in [4.78, 5) is 14.5. The molecule has 1 fully saturated rings. The zero-order valence-electron chi connectivity index (χ0n) is 24.4. The molecule has 0 spiro atoms. The van der Waals surface area contributed by atoms with Crippen LogP contribution in [0.4, 0.5) is 11.5 Å². The molecule has 6 rings (SSSR count). The van der Waals surface area contributed by atoms with Crippen LogP contribution in [0.15, 0.2) is 61.1 Å². The molecular weight excluding hydrogens is 548 g/mol. The number of nitrogens with zero attached hydrogens (tertiary/aromatic N) is 7. The summed E-state index contributed by atoms with van der Waals surface area (Å²) in [5.41, 5.74) is 2.15. The fraction of sp³-hybridized carbons (Fsp3) is 0.438. The lowest BCUT2D eigenvalue weighted by atomic mass is 9.94. The fourth-order valence-electron chi connectivity index (χ4n) is 6.03. The molecule has 0 saturated carbocycles. The predicted molar refractivity (Wildman–Crippen MR) is 166 cm³/mol. The van der Waals surface area contributed by atoms with E-state index in [0.29, 0.717) is 16.7 Å². The summed E-state index contributed by atoms with van der Waals surface area (Å²) in [6, 6.07) is 15.6. The van der Waals surface area contributed by atoms with Gasteiger partial charge in [0.05, 0.1) is 12.6 Å². The Kier molecular flexibility index (Phi) is 8.86. The minimum Gasteiger partial charge on any atom is -0.457 e. The molecule has 42 heavy (non-hydrogen) atoms. The molecule has 0 aliphatic carbocycles. The molecule has 2 aliphatic rings. The molecule has 0 radical (unpaired) electrons. The second-order valence-electron chi connectivity index (χ2n) is 11.4. The summed E-state index contributed by atoms with van der Waals surface area (Å²) >= 11 is 6.13. The molecule has 2 aromatic heterocycles. The van der Waals surface area contributed by atoms with Gasteiger partial charge in [0.2, 0.25) is 0 Å². The van der Waals surface area contributed by atoms with Crippen LogP contribution in [0.25, 0.3) is 0 Å². The van der Waals surface area contributed by atoms with Crippen molar-refractivity contribution in [3.63, 3.8) is 0 Å². The highest BCUT2D eigenvalue weighted by Crippen LogP contribution is 2.36. The summed E-state index contributed by atoms with van der Waals surface area (Å²) < 4.78 is 8.25. The number of nitrogens with one attached hydrogen (secondary N) is 1. The monoisotopic (exact) mass is 586 g/mol. The first-order valence-corrected chi connectivity index (χ1v) is 15.4. The quantitative estimate of drug-likeness (QED) is 0.225. The number of hydrogen-bond acceptors (Lipinski definition) is 8. The minimum absolute atomic E-state index is 0.126. The number of halogens is 1. The van der Waals surface area contributed by atoms with Gasteiger partial charge in [-0.15, -0.1) is 10.2 Å². The van der Waals surface area contributed by atoms with Crippen LogP contribution in [0, 0.1) is 12.8 Å². The largest absolute Gasteiger partial charge is 0.457 e. The second kappa shape index (κ2) is 13.1. The highest BCUT2D eigenvalue weighted by molar-refractivity contribution is 6.30. The van der Waals surface area contributed by atoms with Gasteiger partial charge in [0.25, 0.3) is 0 Å². The third kappa shape index (κ3) is 6.85. The average Bonchev–Trinajstić information content (AvgIpc) is 3.42. The van der Waals surface area contributed by atoms with E-state index in [9.17, 15) is 0 Å². The van der Waals surface area contributed by atoms with Crippen molar-refractivity contribution in [2.75, 3.05) is 36.4 Å². The second-order valence-corrected chi connectivity index (χ2v) is 11.8. The molecule has 1 N–H and O–H groups in total. The Morgan fingerprint density at radius 1 is 1.02 bits per heavy atom. The zero-order valence-corrected chi connectivity index (χ0v) is 25.2. The molecule has 4 aromatic rings. The number of aromatic nitrogens is 5. The maximum Gasteiger partial charge on any atom is 0.147 e. The van der Waals surface area contributed by atoms with Crippen molar-refractivity contribution in [3.8, 4) is 11.5 Å². The van der Waals surface area contributed by atoms with Crippen molar-refractivity contribution in [3.05, 3.63) is 83.3 Å². The number of rotatable bonds is 10. The van der Waals surface area contributed by atoms with E-state index in [-0.39, 0.29) is 6.04 Å². The van der Waals surface area contributed by atoms with Crippen molar-refractivity contribution in [2.45, 2.75) is 58.7 Å². The number of ether oxygens (including phenoxy) is 1. The number of aryl methyl sites for hydroxylation is 2. The summed E-state index contributed by atoms with van der Waals surface area (Å²) in [5.74, 6) is 5.06. The molecule has 0 amide bonds. The molecule has 10 heteroatoms. The molecule has 9 nitrogen and oxygen atoms in total. The molecule has 2 aliphatic heterocycles. The molecule has 2 aromatic carbocycles. The van der Waals surface area contributed by atoms with Crippen molar-refractivity contribution in [2.24, 2.45) is 5.92 Å². The molecular formula is C32H39ClN8O. The summed E-state index contributed by atoms with van der Waals surface area (Å²) in [5, 5.41) is 12.9. The van der Waals surface area contributed by atoms with Gasteiger partial charge >= 0.3 is 0 Å². The predicted octanol–water partition coefficient (Wildman–Crippen LogP) is 6.51. The van der Waals surface area contributed by atoms with Crippen molar-refractivity contribution >= 4 is 23.1 Å². The summed E-state index contributed by atoms with van der Waals surface area (Å²) in [7, 11) is 0. The van der Waals surface area contributed by atoms with E-state index in [1.54, 1.807) is 0 Å². The molecule has 220 valence electrons. The van der Waals surface area contributed by atoms with E-state index in [1.165, 1.54) is 12.8 Å². The summed E-state index contributed by atoms with van der Waals surface area (Å²) in [6.45, 7) is 10.2. The Bertz CT molecular complexity index is 1480. The van der Waals surface area contributed by atoms with Gasteiger partial charge < -0.3 is 19.5 Å². The highest BCUT2D eigenvalue weighted by Gasteiger charge is 2.30. The van der Waals surface area contributed by atoms with E-state index in [0.717, 1.165) is 86.6 Å². The third-order valence-electron chi connectivity index (χ3n) is 8.20. The smallest absolute Gasteiger partial charge is 0.147 e. The Hall–Kier alpha value is -3.69. The Morgan fingerprint density at radius 2 is 1.83 bits per heavy atom. The van der Waals surface area contributed by atoms with E-state index >= 15 is 0 Å². The Balaban J connectivity index is 1.08. The maximum atomic E-state index is 6.13. The van der Waals surface area contributed by atoms with E-state index < -0.39 is 0 Å². The lowest BCUT2D eigenvalue weighted by molar-refractivity contribution is 0.173. The van der Waals surface area contributed by atoms with Gasteiger partial charge in [0, 0.05) is 48.2 Å². The van der Waals surface area contributed by atoms with E-state index in [4.69, 9.17) is 21.3 Å². The number of likely N-dealkylation sites (tertiary alicyclic amines) is 1. The van der Waals surface area contributed by atoms with Crippen LogP contribution in [0.5, 0.6) is 11.5 Å². The molecule has 0 bridgehead atoms.